The zero-order valence-corrected chi connectivity index (χ0v) is 27.4. The molecule has 0 heterocycles. The first kappa shape index (κ1) is 27.6. The van der Waals surface area contributed by atoms with Crippen LogP contribution in [0.5, 0.6) is 0 Å². The highest BCUT2D eigenvalue weighted by atomic mass is 28.4. The molecule has 6 heteroatoms. The van der Waals surface area contributed by atoms with Crippen LogP contribution < -0.4 is 0 Å². The van der Waals surface area contributed by atoms with Crippen LogP contribution in [0.1, 0.15) is 65.2 Å². The molecule has 4 aliphatic carbocycles. The van der Waals surface area contributed by atoms with E-state index in [-0.39, 0.29) is 5.41 Å². The topological polar surface area (TPSA) is 27.7 Å². The van der Waals surface area contributed by atoms with Gasteiger partial charge >= 0.3 is 0 Å². The van der Waals surface area contributed by atoms with Gasteiger partial charge in [0.1, 0.15) is 0 Å². The molecule has 3 unspecified atom stereocenters. The second-order valence-electron chi connectivity index (χ2n) is 16.0. The minimum absolute atomic E-state index is 0.285. The molecule has 4 saturated carbocycles. The van der Waals surface area contributed by atoms with Gasteiger partial charge in [-0.2, -0.15) is 0 Å². The van der Waals surface area contributed by atoms with Crippen LogP contribution in [0.2, 0.25) is 58.9 Å². The lowest BCUT2D eigenvalue weighted by atomic mass is 9.45. The molecule has 4 fully saturated rings. The fourth-order valence-corrected chi connectivity index (χ4v) is 12.4. The lowest BCUT2D eigenvalue weighted by Gasteiger charge is -2.61. The van der Waals surface area contributed by atoms with Gasteiger partial charge in [-0.05, 0) is 145 Å². The van der Waals surface area contributed by atoms with E-state index in [9.17, 15) is 0 Å². The van der Waals surface area contributed by atoms with Crippen molar-refractivity contribution in [1.82, 2.24) is 0 Å². The summed E-state index contributed by atoms with van der Waals surface area (Å²) in [7, 11) is -4.74. The van der Waals surface area contributed by atoms with Crippen LogP contribution in [0.4, 0.5) is 0 Å². The summed E-state index contributed by atoms with van der Waals surface area (Å²) in [5.74, 6) is 3.37. The third-order valence-electron chi connectivity index (χ3n) is 10.0. The minimum atomic E-state index is -1.65. The van der Waals surface area contributed by atoms with Gasteiger partial charge < -0.3 is 13.3 Å². The third kappa shape index (κ3) is 5.52. The largest absolute Gasteiger partial charge is 0.415 e. The summed E-state index contributed by atoms with van der Waals surface area (Å²) in [6, 6.07) is 0. The third-order valence-corrected chi connectivity index (χ3v) is 13.0. The van der Waals surface area contributed by atoms with Crippen molar-refractivity contribution in [2.24, 2.45) is 34.5 Å². The van der Waals surface area contributed by atoms with Crippen molar-refractivity contribution in [2.45, 2.75) is 142 Å². The summed E-state index contributed by atoms with van der Waals surface area (Å²) in [4.78, 5) is 0. The van der Waals surface area contributed by atoms with Gasteiger partial charge in [0.2, 0.25) is 0 Å². The van der Waals surface area contributed by atoms with Crippen molar-refractivity contribution in [1.29, 1.82) is 0 Å². The highest BCUT2D eigenvalue weighted by Crippen LogP contribution is 2.67. The molecule has 3 nitrogen and oxygen atoms in total. The number of hydrogen-bond acceptors (Lipinski definition) is 3. The van der Waals surface area contributed by atoms with Crippen LogP contribution in [0, 0.1) is 34.5 Å². The molecule has 198 valence electrons. The smallest absolute Gasteiger partial charge is 0.184 e. The normalized spacial score (nSPS) is 45.4. The fraction of sp³-hybridized carbons (Fsp3) is 1.00. The maximum Gasteiger partial charge on any atom is 0.184 e. The van der Waals surface area contributed by atoms with Gasteiger partial charge in [0.25, 0.3) is 0 Å². The molecule has 4 rings (SSSR count). The van der Waals surface area contributed by atoms with E-state index in [1.165, 1.54) is 51.4 Å². The molecular weight excluding hydrogens is 469 g/mol. The zero-order chi connectivity index (χ0) is 25.3. The van der Waals surface area contributed by atoms with Crippen LogP contribution >= 0.6 is 0 Å². The van der Waals surface area contributed by atoms with Crippen LogP contribution in [-0.2, 0) is 13.3 Å². The number of fused-ring (bicyclic) bond motifs is 5. The first-order chi connectivity index (χ1) is 15.4. The quantitative estimate of drug-likeness (QED) is 0.327. The van der Waals surface area contributed by atoms with Gasteiger partial charge in [-0.3, -0.25) is 0 Å². The van der Waals surface area contributed by atoms with E-state index < -0.39 is 25.0 Å². The maximum absolute atomic E-state index is 7.03. The average molecular weight is 525 g/mol. The Morgan fingerprint density at radius 1 is 0.588 bits per heavy atom. The highest BCUT2D eigenvalue weighted by molar-refractivity contribution is 6.70. The molecule has 0 radical (unpaired) electrons. The van der Waals surface area contributed by atoms with E-state index in [4.69, 9.17) is 13.3 Å². The summed E-state index contributed by atoms with van der Waals surface area (Å²) in [5.41, 5.74) is 0.795. The van der Waals surface area contributed by atoms with Gasteiger partial charge in [0.15, 0.2) is 25.0 Å². The Labute approximate surface area is 214 Å². The van der Waals surface area contributed by atoms with Crippen molar-refractivity contribution < 1.29 is 13.3 Å². The summed E-state index contributed by atoms with van der Waals surface area (Å²) >= 11 is 0. The second kappa shape index (κ2) is 9.07. The van der Waals surface area contributed by atoms with Crippen molar-refractivity contribution in [2.75, 3.05) is 0 Å². The molecule has 0 saturated heterocycles. The standard InChI is InChI=1S/C28H56O3Si3/c1-27-16-14-21(29-32(3,4)5)18-20(27)12-13-22-23(27)15-17-28(2)24(22)19-25(30-33(6,7)8)26(28)31-34(9,10)11/h20-26H,12-19H2,1-11H3/t20-,21-,22?,23?,24?,25+,26-,27-,28-/m0/s1. The van der Waals surface area contributed by atoms with Gasteiger partial charge in [-0.25, -0.2) is 0 Å². The second-order valence-corrected chi connectivity index (χ2v) is 29.4. The van der Waals surface area contributed by atoms with E-state index in [2.05, 4.69) is 72.8 Å². The SMILES string of the molecule is C[C@]12CCC3C(CC[C@H]4C[C@@H](O[Si](C)(C)C)CC[C@]34C)C1C[C@@H](O[Si](C)(C)C)[C@@H]2O[Si](C)(C)C. The highest BCUT2D eigenvalue weighted by Gasteiger charge is 2.63. The predicted molar refractivity (Wildman–Crippen MR) is 152 cm³/mol. The fourth-order valence-electron chi connectivity index (χ4n) is 8.92. The summed E-state index contributed by atoms with van der Waals surface area (Å²) in [6.07, 6.45) is 11.9. The van der Waals surface area contributed by atoms with Crippen LogP contribution in [-0.4, -0.2) is 43.3 Å². The molecule has 0 aromatic rings. The lowest BCUT2D eigenvalue weighted by molar-refractivity contribution is -0.131. The summed E-state index contributed by atoms with van der Waals surface area (Å²) in [5, 5.41) is 0. The first-order valence-corrected chi connectivity index (χ1v) is 24.7. The minimum Gasteiger partial charge on any atom is -0.415 e. The average Bonchev–Trinajstić information content (AvgIpc) is 2.90. The number of hydrogen-bond donors (Lipinski definition) is 0. The molecule has 0 aromatic carbocycles. The van der Waals surface area contributed by atoms with Crippen LogP contribution in [0.3, 0.4) is 0 Å². The zero-order valence-electron chi connectivity index (χ0n) is 24.4. The Hall–Kier alpha value is 0.531. The Kier molecular flexibility index (Phi) is 7.36. The van der Waals surface area contributed by atoms with E-state index in [0.29, 0.717) is 23.7 Å². The molecule has 0 spiro atoms. The predicted octanol–water partition coefficient (Wildman–Crippen LogP) is 8.30. The lowest BCUT2D eigenvalue weighted by Crippen LogP contribution is -2.56. The van der Waals surface area contributed by atoms with E-state index in [0.717, 1.165) is 23.7 Å². The summed E-state index contributed by atoms with van der Waals surface area (Å²) < 4.78 is 20.6. The van der Waals surface area contributed by atoms with Gasteiger partial charge in [-0.1, -0.05) is 13.8 Å². The van der Waals surface area contributed by atoms with Gasteiger partial charge in [0, 0.05) is 6.10 Å². The number of rotatable bonds is 6. The Morgan fingerprint density at radius 2 is 1.18 bits per heavy atom. The Balaban J connectivity index is 1.56. The molecule has 0 bridgehead atoms. The van der Waals surface area contributed by atoms with Crippen molar-refractivity contribution >= 4 is 25.0 Å². The molecule has 0 aliphatic heterocycles. The molecule has 0 aromatic heterocycles. The van der Waals surface area contributed by atoms with Crippen molar-refractivity contribution in [3.63, 3.8) is 0 Å². The Morgan fingerprint density at radius 3 is 1.76 bits per heavy atom. The van der Waals surface area contributed by atoms with Crippen molar-refractivity contribution in [3.8, 4) is 0 Å². The molecule has 0 amide bonds. The van der Waals surface area contributed by atoms with Gasteiger partial charge in [0.05, 0.1) is 12.2 Å². The van der Waals surface area contributed by atoms with E-state index in [1.807, 2.05) is 0 Å². The Bertz CT molecular complexity index is 739. The maximum atomic E-state index is 7.03. The van der Waals surface area contributed by atoms with Crippen molar-refractivity contribution in [3.05, 3.63) is 0 Å². The summed E-state index contributed by atoms with van der Waals surface area (Å²) in [6.45, 7) is 26.5. The molecule has 0 N–H and O–H groups in total. The molecular formula is C28H56O3Si3. The molecule has 34 heavy (non-hydrogen) atoms. The monoisotopic (exact) mass is 524 g/mol. The van der Waals surface area contributed by atoms with Gasteiger partial charge in [-0.15, -0.1) is 0 Å². The molecule has 9 atom stereocenters. The molecule has 4 aliphatic rings. The van der Waals surface area contributed by atoms with Crippen LogP contribution in [0.15, 0.2) is 0 Å². The van der Waals surface area contributed by atoms with E-state index >= 15 is 0 Å². The first-order valence-electron chi connectivity index (χ1n) is 14.4. The van der Waals surface area contributed by atoms with Crippen LogP contribution in [0.25, 0.3) is 0 Å². The van der Waals surface area contributed by atoms with E-state index in [1.54, 1.807) is 0 Å².